The average molecular weight is 394 g/mol. The molecule has 3 amide bonds. The summed E-state index contributed by atoms with van der Waals surface area (Å²) in [6.45, 7) is 4.98. The number of hydrogen-bond acceptors (Lipinski definition) is 5. The van der Waals surface area contributed by atoms with Gasteiger partial charge in [0.15, 0.2) is 6.10 Å². The van der Waals surface area contributed by atoms with Gasteiger partial charge in [-0.3, -0.25) is 25.2 Å². The second kappa shape index (κ2) is 9.90. The van der Waals surface area contributed by atoms with Gasteiger partial charge in [-0.1, -0.05) is 17.2 Å². The second-order valence-electron chi connectivity index (χ2n) is 6.49. The highest BCUT2D eigenvalue weighted by Gasteiger charge is 2.16. The van der Waals surface area contributed by atoms with Crippen LogP contribution in [-0.2, 0) is 9.59 Å². The number of amides is 3. The molecule has 0 radical (unpaired) electrons. The molecule has 2 rings (SSSR count). The maximum absolute atomic E-state index is 12.1. The van der Waals surface area contributed by atoms with Crippen molar-refractivity contribution in [3.05, 3.63) is 64.7 Å². The molecular formula is C21H22N4O4. The summed E-state index contributed by atoms with van der Waals surface area (Å²) in [7, 11) is 0. The molecule has 0 aromatic heterocycles. The van der Waals surface area contributed by atoms with Crippen LogP contribution in [0.5, 0.6) is 5.75 Å². The molecule has 0 aliphatic heterocycles. The summed E-state index contributed by atoms with van der Waals surface area (Å²) < 4.78 is 5.44. The van der Waals surface area contributed by atoms with Crippen molar-refractivity contribution in [1.82, 2.24) is 16.2 Å². The third-order valence-corrected chi connectivity index (χ3v) is 3.88. The van der Waals surface area contributed by atoms with Crippen molar-refractivity contribution in [1.29, 1.82) is 5.26 Å². The summed E-state index contributed by atoms with van der Waals surface area (Å²) in [5.74, 6) is -1.11. The van der Waals surface area contributed by atoms with Gasteiger partial charge in [-0.15, -0.1) is 0 Å². The maximum atomic E-state index is 12.1. The van der Waals surface area contributed by atoms with Crippen LogP contribution in [0.3, 0.4) is 0 Å². The third-order valence-electron chi connectivity index (χ3n) is 3.88. The first-order chi connectivity index (χ1) is 13.8. The molecule has 0 aliphatic carbocycles. The average Bonchev–Trinajstić information content (AvgIpc) is 2.69. The van der Waals surface area contributed by atoms with Crippen molar-refractivity contribution in [3.63, 3.8) is 0 Å². The fraction of sp³-hybridized carbons (Fsp3) is 0.238. The van der Waals surface area contributed by atoms with Gasteiger partial charge in [-0.2, -0.15) is 5.26 Å². The first kappa shape index (κ1) is 21.4. The second-order valence-corrected chi connectivity index (χ2v) is 6.49. The number of nitrogens with zero attached hydrogens (tertiary/aromatic N) is 1. The van der Waals surface area contributed by atoms with E-state index in [2.05, 4.69) is 16.2 Å². The summed E-state index contributed by atoms with van der Waals surface area (Å²) in [5.41, 5.74) is 7.29. The molecular weight excluding hydrogens is 372 g/mol. The zero-order valence-electron chi connectivity index (χ0n) is 16.4. The van der Waals surface area contributed by atoms with E-state index >= 15 is 0 Å². The molecule has 0 heterocycles. The predicted molar refractivity (Wildman–Crippen MR) is 106 cm³/mol. The first-order valence-electron chi connectivity index (χ1n) is 8.90. The van der Waals surface area contributed by atoms with Crippen LogP contribution in [0.25, 0.3) is 0 Å². The van der Waals surface area contributed by atoms with Gasteiger partial charge in [0.2, 0.25) is 0 Å². The Morgan fingerprint density at radius 2 is 1.66 bits per heavy atom. The van der Waals surface area contributed by atoms with Gasteiger partial charge in [0.25, 0.3) is 17.7 Å². The van der Waals surface area contributed by atoms with E-state index in [0.717, 1.165) is 11.1 Å². The van der Waals surface area contributed by atoms with Crippen molar-refractivity contribution in [2.24, 2.45) is 0 Å². The first-order valence-corrected chi connectivity index (χ1v) is 8.90. The van der Waals surface area contributed by atoms with Gasteiger partial charge in [-0.25, -0.2) is 0 Å². The Balaban J connectivity index is 1.76. The van der Waals surface area contributed by atoms with E-state index in [9.17, 15) is 14.4 Å². The lowest BCUT2D eigenvalue weighted by Crippen LogP contribution is -2.50. The minimum atomic E-state index is -0.881. The Morgan fingerprint density at radius 1 is 1.03 bits per heavy atom. The number of carbonyl (C=O) groups is 3. The number of benzene rings is 2. The Hall–Kier alpha value is -3.86. The normalized spacial score (nSPS) is 11.0. The van der Waals surface area contributed by atoms with E-state index in [4.69, 9.17) is 10.00 Å². The van der Waals surface area contributed by atoms with Crippen LogP contribution in [0.15, 0.2) is 42.5 Å². The lowest BCUT2D eigenvalue weighted by molar-refractivity contribution is -0.132. The summed E-state index contributed by atoms with van der Waals surface area (Å²) in [6.07, 6.45) is -0.881. The standard InChI is InChI=1S/C21H22N4O4/c1-13-8-14(2)10-17(9-13)21(28)23-12-19(26)24-25-20(27)15(3)29-18-6-4-16(11-22)5-7-18/h4-10,15H,12H2,1-3H3,(H,23,28)(H,24,26)(H,25,27)/t15-/m0/s1. The maximum Gasteiger partial charge on any atom is 0.279 e. The molecule has 8 nitrogen and oxygen atoms in total. The number of ether oxygens (including phenoxy) is 1. The highest BCUT2D eigenvalue weighted by Crippen LogP contribution is 2.13. The number of carbonyl (C=O) groups excluding carboxylic acids is 3. The fourth-order valence-corrected chi connectivity index (χ4v) is 2.51. The van der Waals surface area contributed by atoms with E-state index in [1.165, 1.54) is 6.92 Å². The lowest BCUT2D eigenvalue weighted by Gasteiger charge is -2.15. The minimum Gasteiger partial charge on any atom is -0.481 e. The number of nitrogens with one attached hydrogen (secondary N) is 3. The molecule has 0 unspecified atom stereocenters. The summed E-state index contributed by atoms with van der Waals surface area (Å²) in [4.78, 5) is 36.0. The molecule has 0 saturated heterocycles. The van der Waals surface area contributed by atoms with Crippen molar-refractivity contribution >= 4 is 17.7 Å². The largest absolute Gasteiger partial charge is 0.481 e. The zero-order chi connectivity index (χ0) is 21.4. The van der Waals surface area contributed by atoms with Gasteiger partial charge in [-0.05, 0) is 57.2 Å². The van der Waals surface area contributed by atoms with Crippen LogP contribution in [-0.4, -0.2) is 30.4 Å². The van der Waals surface area contributed by atoms with Gasteiger partial charge >= 0.3 is 0 Å². The highest BCUT2D eigenvalue weighted by atomic mass is 16.5. The van der Waals surface area contributed by atoms with Crippen molar-refractivity contribution in [3.8, 4) is 11.8 Å². The zero-order valence-corrected chi connectivity index (χ0v) is 16.4. The van der Waals surface area contributed by atoms with E-state index < -0.39 is 17.9 Å². The molecule has 29 heavy (non-hydrogen) atoms. The highest BCUT2D eigenvalue weighted by molar-refractivity contribution is 5.97. The predicted octanol–water partition coefficient (Wildman–Crippen LogP) is 1.52. The minimum absolute atomic E-state index is 0.295. The van der Waals surface area contributed by atoms with Crippen molar-refractivity contribution in [2.45, 2.75) is 26.9 Å². The van der Waals surface area contributed by atoms with E-state index in [0.29, 0.717) is 16.9 Å². The molecule has 0 fully saturated rings. The monoisotopic (exact) mass is 394 g/mol. The van der Waals surface area contributed by atoms with E-state index in [1.807, 2.05) is 26.0 Å². The Morgan fingerprint density at radius 3 is 2.24 bits per heavy atom. The molecule has 2 aromatic carbocycles. The van der Waals surface area contributed by atoms with Crippen LogP contribution < -0.4 is 20.9 Å². The Bertz CT molecular complexity index is 928. The summed E-state index contributed by atoms with van der Waals surface area (Å²) in [5, 5.41) is 11.3. The van der Waals surface area contributed by atoms with Gasteiger partial charge in [0, 0.05) is 5.56 Å². The molecule has 2 aromatic rings. The smallest absolute Gasteiger partial charge is 0.279 e. The lowest BCUT2D eigenvalue weighted by atomic mass is 10.1. The third kappa shape index (κ3) is 6.66. The van der Waals surface area contributed by atoms with Gasteiger partial charge in [0.05, 0.1) is 18.2 Å². The molecule has 0 aliphatic rings. The Kier molecular flexibility index (Phi) is 7.32. The summed E-state index contributed by atoms with van der Waals surface area (Å²) in [6, 6.07) is 13.7. The topological polar surface area (TPSA) is 120 Å². The quantitative estimate of drug-likeness (QED) is 0.642. The molecule has 0 bridgehead atoms. The SMILES string of the molecule is Cc1cc(C)cc(C(=O)NCC(=O)NNC(=O)[C@H](C)Oc2ccc(C#N)cc2)c1. The van der Waals surface area contributed by atoms with E-state index in [1.54, 1.807) is 36.4 Å². The molecule has 0 saturated carbocycles. The van der Waals surface area contributed by atoms with Crippen LogP contribution in [0.1, 0.15) is 34.0 Å². The van der Waals surface area contributed by atoms with E-state index in [-0.39, 0.29) is 12.5 Å². The summed E-state index contributed by atoms with van der Waals surface area (Å²) >= 11 is 0. The van der Waals surface area contributed by atoms with Crippen molar-refractivity contribution < 1.29 is 19.1 Å². The molecule has 0 spiro atoms. The Labute approximate surface area is 168 Å². The molecule has 1 atom stereocenters. The molecule has 3 N–H and O–H groups in total. The molecule has 150 valence electrons. The van der Waals surface area contributed by atoms with Crippen molar-refractivity contribution in [2.75, 3.05) is 6.54 Å². The number of rotatable bonds is 6. The number of hydrogen-bond donors (Lipinski definition) is 3. The number of hydrazine groups is 1. The van der Waals surface area contributed by atoms with Gasteiger partial charge in [0.1, 0.15) is 5.75 Å². The van der Waals surface area contributed by atoms with Crippen LogP contribution >= 0.6 is 0 Å². The fourth-order valence-electron chi connectivity index (χ4n) is 2.51. The van der Waals surface area contributed by atoms with Gasteiger partial charge < -0.3 is 10.1 Å². The number of nitriles is 1. The number of aryl methyl sites for hydroxylation is 2. The van der Waals surface area contributed by atoms with Crippen LogP contribution in [0.4, 0.5) is 0 Å². The van der Waals surface area contributed by atoms with Crippen LogP contribution in [0.2, 0.25) is 0 Å². The molecule has 8 heteroatoms. The van der Waals surface area contributed by atoms with Crippen LogP contribution in [0, 0.1) is 25.2 Å².